The molecule has 1 aliphatic heterocycles. The highest BCUT2D eigenvalue weighted by Gasteiger charge is 2.31. The number of amides is 1. The molecule has 29 heavy (non-hydrogen) atoms. The molecule has 8 heteroatoms. The molecule has 3 N–H and O–H groups in total. The minimum Gasteiger partial charge on any atom is -0.366 e. The number of rotatable bonds is 7. The van der Waals surface area contributed by atoms with Gasteiger partial charge in [-0.25, -0.2) is 8.42 Å². The lowest BCUT2D eigenvalue weighted by molar-refractivity contribution is -0.151. The highest BCUT2D eigenvalue weighted by atomic mass is 32.2. The Bertz CT molecular complexity index is 955. The second-order valence-corrected chi connectivity index (χ2v) is 9.48. The normalized spacial score (nSPS) is 21.2. The van der Waals surface area contributed by atoms with Crippen molar-refractivity contribution in [3.05, 3.63) is 42.5 Å². The van der Waals surface area contributed by atoms with E-state index in [1.165, 1.54) is 6.07 Å². The average Bonchev–Trinajstić information content (AvgIpc) is 2.68. The van der Waals surface area contributed by atoms with Gasteiger partial charge in [0, 0.05) is 12.0 Å². The Labute approximate surface area is 171 Å². The number of carbonyl (C=O) groups is 1. The highest BCUT2D eigenvalue weighted by molar-refractivity contribution is 7.89. The van der Waals surface area contributed by atoms with Gasteiger partial charge in [-0.2, -0.15) is 4.72 Å². The molecule has 1 amide bonds. The summed E-state index contributed by atoms with van der Waals surface area (Å²) >= 11 is 0. The summed E-state index contributed by atoms with van der Waals surface area (Å²) in [5, 5.41) is 14.1. The monoisotopic (exact) mass is 420 g/mol. The van der Waals surface area contributed by atoms with Crippen LogP contribution in [0.5, 0.6) is 0 Å². The molecule has 2 aromatic carbocycles. The fraction of sp³-hybridized carbons (Fsp3) is 0.476. The lowest BCUT2D eigenvalue weighted by Crippen LogP contribution is -2.54. The third-order valence-electron chi connectivity index (χ3n) is 4.98. The molecule has 0 aliphatic carbocycles. The molecule has 0 saturated carbocycles. The van der Waals surface area contributed by atoms with Crippen LogP contribution in [0, 0.1) is 5.92 Å². The molecule has 1 saturated heterocycles. The van der Waals surface area contributed by atoms with Gasteiger partial charge >= 0.3 is 0 Å². The first-order valence-corrected chi connectivity index (χ1v) is 11.4. The Morgan fingerprint density at radius 1 is 1.21 bits per heavy atom. The average molecular weight is 421 g/mol. The Morgan fingerprint density at radius 3 is 2.66 bits per heavy atom. The number of benzene rings is 2. The van der Waals surface area contributed by atoms with Crippen molar-refractivity contribution in [2.75, 3.05) is 6.61 Å². The van der Waals surface area contributed by atoms with Crippen molar-refractivity contribution in [2.24, 2.45) is 5.92 Å². The predicted molar refractivity (Wildman–Crippen MR) is 111 cm³/mol. The van der Waals surface area contributed by atoms with Crippen LogP contribution in [0.2, 0.25) is 0 Å². The molecule has 1 heterocycles. The molecule has 0 spiro atoms. The number of aliphatic hydroxyl groups is 1. The number of nitrogens with one attached hydrogen (secondary N) is 2. The lowest BCUT2D eigenvalue weighted by atomic mass is 10.0. The molecule has 3 rings (SSSR count). The van der Waals surface area contributed by atoms with E-state index in [1.54, 1.807) is 18.2 Å². The summed E-state index contributed by atoms with van der Waals surface area (Å²) in [5.41, 5.74) is 0. The molecule has 1 fully saturated rings. The van der Waals surface area contributed by atoms with Crippen LogP contribution in [0.4, 0.5) is 0 Å². The van der Waals surface area contributed by atoms with E-state index >= 15 is 0 Å². The van der Waals surface area contributed by atoms with Crippen molar-refractivity contribution in [2.45, 2.75) is 56.4 Å². The number of aliphatic hydroxyl groups excluding tert-OH is 1. The number of sulfonamides is 1. The van der Waals surface area contributed by atoms with Crippen LogP contribution < -0.4 is 10.0 Å². The second-order valence-electron chi connectivity index (χ2n) is 7.80. The van der Waals surface area contributed by atoms with E-state index in [2.05, 4.69) is 10.0 Å². The molecule has 0 aromatic heterocycles. The zero-order valence-electron chi connectivity index (χ0n) is 16.7. The molecule has 0 radical (unpaired) electrons. The van der Waals surface area contributed by atoms with E-state index in [4.69, 9.17) is 4.74 Å². The summed E-state index contributed by atoms with van der Waals surface area (Å²) in [5.74, 6) is -0.370. The van der Waals surface area contributed by atoms with E-state index < -0.39 is 34.3 Å². The van der Waals surface area contributed by atoms with E-state index in [0.29, 0.717) is 24.8 Å². The van der Waals surface area contributed by atoms with Crippen LogP contribution in [0.15, 0.2) is 47.4 Å². The van der Waals surface area contributed by atoms with Gasteiger partial charge in [0.15, 0.2) is 6.29 Å². The van der Waals surface area contributed by atoms with Gasteiger partial charge in [0.1, 0.15) is 6.04 Å². The molecule has 158 valence electrons. The summed E-state index contributed by atoms with van der Waals surface area (Å²) in [6, 6.07) is 10.8. The number of carbonyl (C=O) groups excluding carboxylic acids is 1. The number of hydrogen-bond donors (Lipinski definition) is 3. The first-order chi connectivity index (χ1) is 13.8. The SMILES string of the molecule is CC(C)C[C@H](NS(=O)(=O)c1cccc2ccccc12)C(=O)N[C@H]1CCCOC1O. The smallest absolute Gasteiger partial charge is 0.241 e. The third kappa shape index (κ3) is 5.33. The first-order valence-electron chi connectivity index (χ1n) is 9.88. The van der Waals surface area contributed by atoms with Gasteiger partial charge in [-0.05, 0) is 36.6 Å². The molecule has 3 atom stereocenters. The number of fused-ring (bicyclic) bond motifs is 1. The summed E-state index contributed by atoms with van der Waals surface area (Å²) < 4.78 is 34.0. The summed E-state index contributed by atoms with van der Waals surface area (Å²) in [7, 11) is -3.94. The maximum Gasteiger partial charge on any atom is 0.241 e. The maximum atomic E-state index is 13.1. The van der Waals surface area contributed by atoms with Crippen molar-refractivity contribution >= 4 is 26.7 Å². The van der Waals surface area contributed by atoms with Crippen molar-refractivity contribution < 1.29 is 23.1 Å². The van der Waals surface area contributed by atoms with Crippen LogP contribution in [0.25, 0.3) is 10.8 Å². The second kappa shape index (κ2) is 9.21. The molecule has 0 bridgehead atoms. The Hall–Kier alpha value is -2.00. The standard InChI is InChI=1S/C21H28N2O5S/c1-14(2)13-18(20(24)22-17-10-6-12-28-21(17)25)23-29(26,27)19-11-5-8-15-7-3-4-9-16(15)19/h3-5,7-9,11,14,17-18,21,23,25H,6,10,12-13H2,1-2H3,(H,22,24)/t17-,18-,21?/m0/s1. The minimum absolute atomic E-state index is 0.0912. The van der Waals surface area contributed by atoms with Crippen LogP contribution in [-0.4, -0.2) is 44.4 Å². The summed E-state index contributed by atoms with van der Waals surface area (Å²) in [6.45, 7) is 4.28. The van der Waals surface area contributed by atoms with Crippen molar-refractivity contribution in [3.8, 4) is 0 Å². The summed E-state index contributed by atoms with van der Waals surface area (Å²) in [4.78, 5) is 13.0. The van der Waals surface area contributed by atoms with Gasteiger partial charge < -0.3 is 15.2 Å². The Balaban J connectivity index is 1.84. The molecule has 2 aromatic rings. The number of ether oxygens (including phenoxy) is 1. The predicted octanol–water partition coefficient (Wildman–Crippen LogP) is 2.15. The van der Waals surface area contributed by atoms with Crippen LogP contribution in [0.1, 0.15) is 33.1 Å². The van der Waals surface area contributed by atoms with Gasteiger partial charge in [-0.3, -0.25) is 4.79 Å². The Morgan fingerprint density at radius 2 is 1.93 bits per heavy atom. The van der Waals surface area contributed by atoms with E-state index in [-0.39, 0.29) is 10.8 Å². The quantitative estimate of drug-likeness (QED) is 0.637. The van der Waals surface area contributed by atoms with Crippen molar-refractivity contribution in [1.29, 1.82) is 0 Å². The first kappa shape index (κ1) is 21.7. The third-order valence-corrected chi connectivity index (χ3v) is 6.51. The lowest BCUT2D eigenvalue weighted by Gasteiger charge is -2.30. The maximum absolute atomic E-state index is 13.1. The van der Waals surface area contributed by atoms with Gasteiger partial charge in [0.2, 0.25) is 15.9 Å². The minimum atomic E-state index is -3.94. The molecule has 7 nitrogen and oxygen atoms in total. The van der Waals surface area contributed by atoms with Gasteiger partial charge in [0.05, 0.1) is 10.9 Å². The zero-order valence-corrected chi connectivity index (χ0v) is 17.5. The fourth-order valence-electron chi connectivity index (χ4n) is 3.55. The van der Waals surface area contributed by atoms with E-state index in [1.807, 2.05) is 32.0 Å². The fourth-order valence-corrected chi connectivity index (χ4v) is 4.99. The van der Waals surface area contributed by atoms with Crippen LogP contribution >= 0.6 is 0 Å². The van der Waals surface area contributed by atoms with E-state index in [0.717, 1.165) is 11.8 Å². The molecular weight excluding hydrogens is 392 g/mol. The molecule has 1 aliphatic rings. The zero-order chi connectivity index (χ0) is 21.0. The highest BCUT2D eigenvalue weighted by Crippen LogP contribution is 2.23. The van der Waals surface area contributed by atoms with Crippen LogP contribution in [0.3, 0.4) is 0 Å². The van der Waals surface area contributed by atoms with Gasteiger partial charge in [0.25, 0.3) is 0 Å². The van der Waals surface area contributed by atoms with Crippen LogP contribution in [-0.2, 0) is 19.6 Å². The van der Waals surface area contributed by atoms with E-state index in [9.17, 15) is 18.3 Å². The largest absolute Gasteiger partial charge is 0.366 e. The van der Waals surface area contributed by atoms with Gasteiger partial charge in [-0.15, -0.1) is 0 Å². The van der Waals surface area contributed by atoms with Crippen molar-refractivity contribution in [1.82, 2.24) is 10.0 Å². The number of hydrogen-bond acceptors (Lipinski definition) is 5. The summed E-state index contributed by atoms with van der Waals surface area (Å²) in [6.07, 6.45) is 0.553. The molecular formula is C21H28N2O5S. The topological polar surface area (TPSA) is 105 Å². The molecule has 1 unspecified atom stereocenters. The Kier molecular flexibility index (Phi) is 6.89. The van der Waals surface area contributed by atoms with Gasteiger partial charge in [-0.1, -0.05) is 50.2 Å². The van der Waals surface area contributed by atoms with Crippen molar-refractivity contribution in [3.63, 3.8) is 0 Å².